The zero-order valence-electron chi connectivity index (χ0n) is 17.1. The number of carbonyl (C=O) groups excluding carboxylic acids is 1. The molecule has 3 N–H and O–H groups in total. The normalized spacial score (nSPS) is 17.5. The second-order valence-electron chi connectivity index (χ2n) is 7.39. The van der Waals surface area contributed by atoms with Crippen LogP contribution in [0, 0.1) is 5.92 Å². The highest BCUT2D eigenvalue weighted by atomic mass is 16.5. The fourth-order valence-electron chi connectivity index (χ4n) is 3.68. The van der Waals surface area contributed by atoms with Crippen molar-refractivity contribution >= 4 is 23.0 Å². The molecule has 0 aromatic carbocycles. The van der Waals surface area contributed by atoms with Crippen LogP contribution in [0.2, 0.25) is 0 Å². The summed E-state index contributed by atoms with van der Waals surface area (Å²) >= 11 is 0. The van der Waals surface area contributed by atoms with E-state index in [2.05, 4.69) is 26.8 Å². The second kappa shape index (κ2) is 9.73. The summed E-state index contributed by atoms with van der Waals surface area (Å²) in [5.74, 6) is -0.0143. The minimum Gasteiger partial charge on any atom is -0.469 e. The monoisotopic (exact) mass is 406 g/mol. The van der Waals surface area contributed by atoms with Crippen LogP contribution in [0.25, 0.3) is 11.2 Å². The van der Waals surface area contributed by atoms with Gasteiger partial charge in [0.2, 0.25) is 0 Å². The van der Waals surface area contributed by atoms with Crippen molar-refractivity contribution < 1.29 is 14.3 Å². The summed E-state index contributed by atoms with van der Waals surface area (Å²) in [7, 11) is 1.43. The number of hydrogen-bond donors (Lipinski definition) is 2. The van der Waals surface area contributed by atoms with Crippen LogP contribution in [0.5, 0.6) is 6.01 Å². The summed E-state index contributed by atoms with van der Waals surface area (Å²) in [5, 5.41) is 0. The third-order valence-corrected chi connectivity index (χ3v) is 5.26. The number of nitrogens with zero attached hydrogens (tertiary/aromatic N) is 4. The molecule has 0 bridgehead atoms. The molecule has 10 nitrogen and oxygen atoms in total. The number of nitrogens with two attached hydrogens (primary N) is 1. The Labute approximate surface area is 169 Å². The molecular formula is C19H30N6O4. The van der Waals surface area contributed by atoms with Crippen molar-refractivity contribution in [2.75, 3.05) is 39.1 Å². The minimum absolute atomic E-state index is 0.0695. The molecule has 29 heavy (non-hydrogen) atoms. The molecule has 0 aliphatic carbocycles. The van der Waals surface area contributed by atoms with Crippen molar-refractivity contribution in [3.63, 3.8) is 0 Å². The van der Waals surface area contributed by atoms with Crippen molar-refractivity contribution in [1.82, 2.24) is 24.4 Å². The number of rotatable bonds is 9. The molecule has 3 rings (SSSR count). The predicted octanol–water partition coefficient (Wildman–Crippen LogP) is 1.16. The van der Waals surface area contributed by atoms with Crippen LogP contribution in [0.3, 0.4) is 0 Å². The molecule has 3 heterocycles. The first-order valence-corrected chi connectivity index (χ1v) is 10.2. The van der Waals surface area contributed by atoms with Crippen molar-refractivity contribution in [3.8, 4) is 6.01 Å². The summed E-state index contributed by atoms with van der Waals surface area (Å²) in [6.45, 7) is 5.49. The summed E-state index contributed by atoms with van der Waals surface area (Å²) in [4.78, 5) is 37.7. The molecule has 1 aliphatic rings. The molecule has 2 aromatic rings. The molecule has 1 unspecified atom stereocenters. The molecule has 1 atom stereocenters. The number of esters is 1. The number of nitrogen functional groups attached to an aromatic ring is 1. The fraction of sp³-hybridized carbons (Fsp3) is 0.684. The highest BCUT2D eigenvalue weighted by Crippen LogP contribution is 2.20. The quantitative estimate of drug-likeness (QED) is 0.469. The van der Waals surface area contributed by atoms with E-state index >= 15 is 0 Å². The standard InChI is InChI=1S/C19H30N6O4/c1-3-4-11-29-18-22-15(20)14-16(23-18)25(19(27)21-14)10-6-9-24-8-5-7-13(12-24)17(26)28-2/h13H,3-12H2,1-2H3,(H,21,27)(H2,20,22,23). The molecule has 1 aliphatic heterocycles. The van der Waals surface area contributed by atoms with Gasteiger partial charge in [-0.25, -0.2) is 4.79 Å². The largest absolute Gasteiger partial charge is 0.469 e. The van der Waals surface area contributed by atoms with E-state index in [1.165, 1.54) is 7.11 Å². The number of anilines is 1. The number of imidazole rings is 1. The van der Waals surface area contributed by atoms with Crippen molar-refractivity contribution in [2.45, 2.75) is 45.6 Å². The number of ether oxygens (including phenoxy) is 2. The maximum atomic E-state index is 12.4. The lowest BCUT2D eigenvalue weighted by Gasteiger charge is -2.31. The van der Waals surface area contributed by atoms with Gasteiger partial charge in [0.15, 0.2) is 11.5 Å². The van der Waals surface area contributed by atoms with Gasteiger partial charge in [-0.1, -0.05) is 13.3 Å². The van der Waals surface area contributed by atoms with Crippen LogP contribution in [0.4, 0.5) is 5.82 Å². The SMILES string of the molecule is CCCCOc1nc(N)c2[nH]c(=O)n(CCCN3CCCC(C(=O)OC)C3)c2n1. The summed E-state index contributed by atoms with van der Waals surface area (Å²) in [5.41, 5.74) is 6.60. The zero-order chi connectivity index (χ0) is 20.8. The molecule has 0 spiro atoms. The number of aromatic nitrogens is 4. The lowest BCUT2D eigenvalue weighted by molar-refractivity contribution is -0.147. The van der Waals surface area contributed by atoms with Gasteiger partial charge < -0.3 is 25.1 Å². The maximum absolute atomic E-state index is 12.4. The third kappa shape index (κ3) is 5.06. The van der Waals surface area contributed by atoms with Crippen LogP contribution < -0.4 is 16.2 Å². The van der Waals surface area contributed by atoms with Gasteiger partial charge in [0.1, 0.15) is 5.52 Å². The van der Waals surface area contributed by atoms with E-state index in [9.17, 15) is 9.59 Å². The first-order chi connectivity index (χ1) is 14.0. The molecule has 0 saturated carbocycles. The Bertz CT molecular complexity index is 893. The number of methoxy groups -OCH3 is 1. The van der Waals surface area contributed by atoms with Crippen LogP contribution >= 0.6 is 0 Å². The molecule has 160 valence electrons. The number of hydrogen-bond acceptors (Lipinski definition) is 8. The number of likely N-dealkylation sites (tertiary alicyclic amines) is 1. The number of aromatic amines is 1. The lowest BCUT2D eigenvalue weighted by Crippen LogP contribution is -2.40. The molecule has 0 amide bonds. The number of aryl methyl sites for hydroxylation is 1. The Kier molecular flexibility index (Phi) is 7.08. The van der Waals surface area contributed by atoms with Gasteiger partial charge in [0, 0.05) is 13.1 Å². The van der Waals surface area contributed by atoms with Gasteiger partial charge in [-0.3, -0.25) is 9.36 Å². The van der Waals surface area contributed by atoms with Crippen LogP contribution in [-0.2, 0) is 16.1 Å². The van der Waals surface area contributed by atoms with Gasteiger partial charge in [0.25, 0.3) is 0 Å². The smallest absolute Gasteiger partial charge is 0.327 e. The van der Waals surface area contributed by atoms with Crippen LogP contribution in [0.1, 0.15) is 39.0 Å². The summed E-state index contributed by atoms with van der Waals surface area (Å²) < 4.78 is 12.0. The topological polar surface area (TPSA) is 128 Å². The Balaban J connectivity index is 1.65. The highest BCUT2D eigenvalue weighted by molar-refractivity contribution is 5.81. The molecular weight excluding hydrogens is 376 g/mol. The summed E-state index contributed by atoms with van der Waals surface area (Å²) in [6.07, 6.45) is 4.47. The van der Waals surface area contributed by atoms with E-state index in [-0.39, 0.29) is 29.4 Å². The Morgan fingerprint density at radius 1 is 1.31 bits per heavy atom. The van der Waals surface area contributed by atoms with Crippen molar-refractivity contribution in [1.29, 1.82) is 0 Å². The van der Waals surface area contributed by atoms with Crippen molar-refractivity contribution in [3.05, 3.63) is 10.5 Å². The van der Waals surface area contributed by atoms with Gasteiger partial charge >= 0.3 is 17.7 Å². The predicted molar refractivity (Wildman–Crippen MR) is 109 cm³/mol. The molecule has 1 fully saturated rings. The van der Waals surface area contributed by atoms with E-state index in [1.54, 1.807) is 4.57 Å². The molecule has 1 saturated heterocycles. The first kappa shape index (κ1) is 21.1. The molecule has 0 radical (unpaired) electrons. The van der Waals surface area contributed by atoms with Crippen molar-refractivity contribution in [2.24, 2.45) is 5.92 Å². The van der Waals surface area contributed by atoms with Gasteiger partial charge in [0.05, 0.1) is 19.6 Å². The number of H-pyrrole nitrogens is 1. The fourth-order valence-corrected chi connectivity index (χ4v) is 3.68. The lowest BCUT2D eigenvalue weighted by atomic mass is 9.98. The van der Waals surface area contributed by atoms with E-state index in [1.807, 2.05) is 0 Å². The number of carbonyl (C=O) groups is 1. The molecule has 2 aromatic heterocycles. The molecule has 10 heteroatoms. The minimum atomic E-state index is -0.266. The van der Waals surface area contributed by atoms with Crippen LogP contribution in [0.15, 0.2) is 4.79 Å². The maximum Gasteiger partial charge on any atom is 0.327 e. The average molecular weight is 406 g/mol. The van der Waals surface area contributed by atoms with E-state index in [0.717, 1.165) is 45.2 Å². The first-order valence-electron chi connectivity index (χ1n) is 10.2. The third-order valence-electron chi connectivity index (χ3n) is 5.26. The van der Waals surface area contributed by atoms with E-state index in [4.69, 9.17) is 15.2 Å². The number of fused-ring (bicyclic) bond motifs is 1. The summed E-state index contributed by atoms with van der Waals surface area (Å²) in [6, 6.07) is 0.188. The van der Waals surface area contributed by atoms with Gasteiger partial charge in [-0.15, -0.1) is 0 Å². The van der Waals surface area contributed by atoms with E-state index in [0.29, 0.717) is 30.9 Å². The van der Waals surface area contributed by atoms with Gasteiger partial charge in [-0.05, 0) is 38.8 Å². The van der Waals surface area contributed by atoms with E-state index < -0.39 is 0 Å². The Morgan fingerprint density at radius 2 is 2.14 bits per heavy atom. The number of unbranched alkanes of at least 4 members (excludes halogenated alkanes) is 1. The average Bonchev–Trinajstić information content (AvgIpc) is 3.04. The number of nitrogens with one attached hydrogen (secondary N) is 1. The highest BCUT2D eigenvalue weighted by Gasteiger charge is 2.26. The van der Waals surface area contributed by atoms with Crippen LogP contribution in [-0.4, -0.2) is 63.7 Å². The Morgan fingerprint density at radius 3 is 2.90 bits per heavy atom. The second-order valence-corrected chi connectivity index (χ2v) is 7.39. The number of piperidine rings is 1. The van der Waals surface area contributed by atoms with Gasteiger partial charge in [-0.2, -0.15) is 9.97 Å². The zero-order valence-corrected chi connectivity index (χ0v) is 17.1. The Hall–Kier alpha value is -2.62.